The van der Waals surface area contributed by atoms with Crippen LogP contribution in [0.25, 0.3) is 0 Å². The third kappa shape index (κ3) is 3.70. The molecule has 0 bridgehead atoms. The molecule has 0 aromatic carbocycles. The molecule has 66 valence electrons. The Balaban J connectivity index is 1.86. The maximum absolute atomic E-state index is 5.28. The van der Waals surface area contributed by atoms with Gasteiger partial charge < -0.3 is 14.8 Å². The molecule has 0 atom stereocenters. The summed E-state index contributed by atoms with van der Waals surface area (Å²) in [5, 5.41) is 3.26. The highest BCUT2D eigenvalue weighted by Gasteiger charge is 2.14. The van der Waals surface area contributed by atoms with Gasteiger partial charge in [-0.05, 0) is 25.9 Å². The Morgan fingerprint density at radius 2 is 2.09 bits per heavy atom. The maximum atomic E-state index is 5.28. The van der Waals surface area contributed by atoms with E-state index in [4.69, 9.17) is 9.47 Å². The summed E-state index contributed by atoms with van der Waals surface area (Å²) in [6.45, 7) is 5.77. The third-order valence-corrected chi connectivity index (χ3v) is 1.73. The highest BCUT2D eigenvalue weighted by atomic mass is 16.7. The van der Waals surface area contributed by atoms with Gasteiger partial charge in [-0.25, -0.2) is 0 Å². The van der Waals surface area contributed by atoms with Crippen LogP contribution in [0.15, 0.2) is 0 Å². The average Bonchev–Trinajstić information content (AvgIpc) is 2.50. The molecule has 1 aliphatic heterocycles. The normalized spacial score (nSPS) is 19.4. The third-order valence-electron chi connectivity index (χ3n) is 1.73. The SMILES string of the molecule is CCNCCCC1OCCO1. The molecule has 1 saturated heterocycles. The van der Waals surface area contributed by atoms with Gasteiger partial charge in [0, 0.05) is 0 Å². The summed E-state index contributed by atoms with van der Waals surface area (Å²) in [7, 11) is 0. The van der Waals surface area contributed by atoms with Gasteiger partial charge in [0.2, 0.25) is 0 Å². The molecule has 3 nitrogen and oxygen atoms in total. The topological polar surface area (TPSA) is 30.5 Å². The van der Waals surface area contributed by atoms with Crippen molar-refractivity contribution in [1.29, 1.82) is 0 Å². The number of hydrogen-bond acceptors (Lipinski definition) is 3. The molecule has 0 radical (unpaired) electrons. The van der Waals surface area contributed by atoms with Crippen LogP contribution in [0, 0.1) is 0 Å². The van der Waals surface area contributed by atoms with E-state index in [9.17, 15) is 0 Å². The van der Waals surface area contributed by atoms with Crippen molar-refractivity contribution in [3.8, 4) is 0 Å². The highest BCUT2D eigenvalue weighted by Crippen LogP contribution is 2.08. The standard InChI is InChI=1S/C8H17NO2/c1-2-9-5-3-4-8-10-6-7-11-8/h8-9H,2-7H2,1H3. The van der Waals surface area contributed by atoms with Crippen molar-refractivity contribution in [2.75, 3.05) is 26.3 Å². The van der Waals surface area contributed by atoms with Crippen LogP contribution >= 0.6 is 0 Å². The van der Waals surface area contributed by atoms with E-state index in [0.29, 0.717) is 0 Å². The van der Waals surface area contributed by atoms with Crippen molar-refractivity contribution in [3.05, 3.63) is 0 Å². The lowest BCUT2D eigenvalue weighted by Gasteiger charge is -2.07. The molecular weight excluding hydrogens is 142 g/mol. The first-order valence-electron chi connectivity index (χ1n) is 4.37. The summed E-state index contributed by atoms with van der Waals surface area (Å²) >= 11 is 0. The van der Waals surface area contributed by atoms with Crippen LogP contribution in [0.5, 0.6) is 0 Å². The molecule has 0 aromatic rings. The Morgan fingerprint density at radius 1 is 1.36 bits per heavy atom. The first-order valence-corrected chi connectivity index (χ1v) is 4.37. The van der Waals surface area contributed by atoms with E-state index in [1.54, 1.807) is 0 Å². The van der Waals surface area contributed by atoms with Gasteiger partial charge >= 0.3 is 0 Å². The highest BCUT2D eigenvalue weighted by molar-refractivity contribution is 4.53. The van der Waals surface area contributed by atoms with Crippen LogP contribution in [0.4, 0.5) is 0 Å². The summed E-state index contributed by atoms with van der Waals surface area (Å²) < 4.78 is 10.6. The zero-order valence-electron chi connectivity index (χ0n) is 7.14. The van der Waals surface area contributed by atoms with Crippen molar-refractivity contribution in [1.82, 2.24) is 5.32 Å². The second-order valence-corrected chi connectivity index (χ2v) is 2.67. The van der Waals surface area contributed by atoms with Crippen molar-refractivity contribution >= 4 is 0 Å². The molecule has 1 rings (SSSR count). The molecule has 0 aromatic heterocycles. The number of ether oxygens (including phenoxy) is 2. The minimum absolute atomic E-state index is 0.0775. The van der Waals surface area contributed by atoms with Gasteiger partial charge in [0.25, 0.3) is 0 Å². The van der Waals surface area contributed by atoms with Gasteiger partial charge in [0.05, 0.1) is 13.2 Å². The number of nitrogens with one attached hydrogen (secondary N) is 1. The molecule has 0 amide bonds. The van der Waals surface area contributed by atoms with E-state index >= 15 is 0 Å². The van der Waals surface area contributed by atoms with Crippen LogP contribution in [-0.2, 0) is 9.47 Å². The fraction of sp³-hybridized carbons (Fsp3) is 1.00. The summed E-state index contributed by atoms with van der Waals surface area (Å²) in [5.41, 5.74) is 0. The Labute approximate surface area is 68.1 Å². The van der Waals surface area contributed by atoms with Crippen LogP contribution < -0.4 is 5.32 Å². The lowest BCUT2D eigenvalue weighted by molar-refractivity contribution is -0.0475. The van der Waals surface area contributed by atoms with Gasteiger partial charge in [0.15, 0.2) is 6.29 Å². The molecule has 1 N–H and O–H groups in total. The summed E-state index contributed by atoms with van der Waals surface area (Å²) in [5.74, 6) is 0. The molecule has 1 fully saturated rings. The smallest absolute Gasteiger partial charge is 0.157 e. The molecule has 11 heavy (non-hydrogen) atoms. The first kappa shape index (κ1) is 8.97. The zero-order valence-corrected chi connectivity index (χ0v) is 7.14. The fourth-order valence-electron chi connectivity index (χ4n) is 1.14. The minimum atomic E-state index is 0.0775. The molecule has 0 aliphatic carbocycles. The molecule has 0 spiro atoms. The van der Waals surface area contributed by atoms with E-state index in [0.717, 1.165) is 39.1 Å². The van der Waals surface area contributed by atoms with E-state index in [1.165, 1.54) is 0 Å². The second-order valence-electron chi connectivity index (χ2n) is 2.67. The summed E-state index contributed by atoms with van der Waals surface area (Å²) in [4.78, 5) is 0. The molecule has 1 aliphatic rings. The largest absolute Gasteiger partial charge is 0.350 e. The van der Waals surface area contributed by atoms with E-state index in [-0.39, 0.29) is 6.29 Å². The van der Waals surface area contributed by atoms with E-state index in [1.807, 2.05) is 0 Å². The zero-order chi connectivity index (χ0) is 7.94. The lowest BCUT2D eigenvalue weighted by atomic mass is 10.3. The van der Waals surface area contributed by atoms with Crippen LogP contribution in [0.2, 0.25) is 0 Å². The van der Waals surface area contributed by atoms with Crippen LogP contribution in [-0.4, -0.2) is 32.6 Å². The number of rotatable bonds is 5. The minimum Gasteiger partial charge on any atom is -0.350 e. The maximum Gasteiger partial charge on any atom is 0.157 e. The Hall–Kier alpha value is -0.120. The van der Waals surface area contributed by atoms with E-state index in [2.05, 4.69) is 12.2 Å². The molecule has 1 heterocycles. The monoisotopic (exact) mass is 159 g/mol. The first-order chi connectivity index (χ1) is 5.43. The second kappa shape index (κ2) is 5.52. The van der Waals surface area contributed by atoms with Gasteiger partial charge in [-0.15, -0.1) is 0 Å². The van der Waals surface area contributed by atoms with Gasteiger partial charge in [0.1, 0.15) is 0 Å². The van der Waals surface area contributed by atoms with Gasteiger partial charge in [-0.3, -0.25) is 0 Å². The molecule has 0 unspecified atom stereocenters. The van der Waals surface area contributed by atoms with Crippen molar-refractivity contribution in [3.63, 3.8) is 0 Å². The van der Waals surface area contributed by atoms with Crippen molar-refractivity contribution in [2.45, 2.75) is 26.1 Å². The molecule has 3 heteroatoms. The van der Waals surface area contributed by atoms with Crippen molar-refractivity contribution < 1.29 is 9.47 Å². The average molecular weight is 159 g/mol. The van der Waals surface area contributed by atoms with Gasteiger partial charge in [-0.2, -0.15) is 0 Å². The number of hydrogen-bond donors (Lipinski definition) is 1. The summed E-state index contributed by atoms with van der Waals surface area (Å²) in [6.07, 6.45) is 2.24. The fourth-order valence-corrected chi connectivity index (χ4v) is 1.14. The van der Waals surface area contributed by atoms with Gasteiger partial charge in [-0.1, -0.05) is 6.92 Å². The molecule has 0 saturated carbocycles. The molecular formula is C8H17NO2. The predicted octanol–water partition coefficient (Wildman–Crippen LogP) is 0.749. The predicted molar refractivity (Wildman–Crippen MR) is 43.5 cm³/mol. The Kier molecular flexibility index (Phi) is 4.50. The Bertz CT molecular complexity index is 92.1. The Morgan fingerprint density at radius 3 is 2.73 bits per heavy atom. The lowest BCUT2D eigenvalue weighted by Crippen LogP contribution is -2.16. The quantitative estimate of drug-likeness (QED) is 0.600. The van der Waals surface area contributed by atoms with Crippen LogP contribution in [0.3, 0.4) is 0 Å². The van der Waals surface area contributed by atoms with E-state index < -0.39 is 0 Å². The van der Waals surface area contributed by atoms with Crippen molar-refractivity contribution in [2.24, 2.45) is 0 Å². The van der Waals surface area contributed by atoms with Crippen LogP contribution in [0.1, 0.15) is 19.8 Å². The summed E-state index contributed by atoms with van der Waals surface area (Å²) in [6, 6.07) is 0.